The second kappa shape index (κ2) is 11.0. The highest BCUT2D eigenvalue weighted by molar-refractivity contribution is 5.94. The molecule has 0 amide bonds. The lowest BCUT2D eigenvalue weighted by Crippen LogP contribution is -2.62. The number of carbonyl (C=O) groups excluding carboxylic acids is 4. The first-order valence-corrected chi connectivity index (χ1v) is 11.8. The van der Waals surface area contributed by atoms with Gasteiger partial charge in [0.2, 0.25) is 0 Å². The highest BCUT2D eigenvalue weighted by atomic mass is 16.6. The van der Waals surface area contributed by atoms with Crippen molar-refractivity contribution >= 4 is 23.7 Å². The van der Waals surface area contributed by atoms with Crippen molar-refractivity contribution in [1.29, 1.82) is 0 Å². The lowest BCUT2D eigenvalue weighted by atomic mass is 9.74. The Labute approximate surface area is 204 Å². The van der Waals surface area contributed by atoms with Crippen LogP contribution in [-0.2, 0) is 33.4 Å². The highest BCUT2D eigenvalue weighted by Crippen LogP contribution is 2.41. The zero-order valence-electron chi connectivity index (χ0n) is 21.0. The number of allylic oxidation sites excluding steroid dienone is 1. The molecule has 196 valence electrons. The maximum absolute atomic E-state index is 13.1. The van der Waals surface area contributed by atoms with E-state index in [2.05, 4.69) is 6.58 Å². The van der Waals surface area contributed by atoms with Crippen molar-refractivity contribution in [3.05, 3.63) is 23.8 Å². The summed E-state index contributed by atoms with van der Waals surface area (Å²) in [5.41, 5.74) is -2.42. The summed E-state index contributed by atoms with van der Waals surface area (Å²) in [6.45, 7) is 12.8. The lowest BCUT2D eigenvalue weighted by molar-refractivity contribution is -0.203. The summed E-state index contributed by atoms with van der Waals surface area (Å²) in [7, 11) is 0. The smallest absolute Gasteiger partial charge is 0.334 e. The number of rotatable bonds is 5. The summed E-state index contributed by atoms with van der Waals surface area (Å²) in [4.78, 5) is 51.1. The second-order valence-electron chi connectivity index (χ2n) is 9.66. The van der Waals surface area contributed by atoms with Gasteiger partial charge < -0.3 is 29.5 Å². The number of hydrogen-bond acceptors (Lipinski definition) is 10. The molecule has 1 heterocycles. The molecule has 0 radical (unpaired) electrons. The molecule has 2 rings (SSSR count). The van der Waals surface area contributed by atoms with Crippen molar-refractivity contribution in [1.82, 2.24) is 0 Å². The van der Waals surface area contributed by atoms with Gasteiger partial charge in [-0.05, 0) is 39.5 Å². The number of aliphatic hydroxyl groups excluding tert-OH is 2. The lowest BCUT2D eigenvalue weighted by Gasteiger charge is -2.42. The van der Waals surface area contributed by atoms with Crippen molar-refractivity contribution in [3.8, 4) is 0 Å². The quantitative estimate of drug-likeness (QED) is 0.285. The van der Waals surface area contributed by atoms with E-state index in [0.717, 1.165) is 6.92 Å². The van der Waals surface area contributed by atoms with Crippen LogP contribution < -0.4 is 0 Å². The molecule has 2 fully saturated rings. The number of fused-ring (bicyclic) bond motifs is 1. The summed E-state index contributed by atoms with van der Waals surface area (Å²) >= 11 is 0. The third-order valence-corrected chi connectivity index (χ3v) is 7.04. The first kappa shape index (κ1) is 28.7. The van der Waals surface area contributed by atoms with E-state index in [1.807, 2.05) is 0 Å². The largest absolute Gasteiger partial charge is 0.455 e. The number of ketones is 1. The molecule has 1 aliphatic carbocycles. The zero-order valence-corrected chi connectivity index (χ0v) is 21.0. The van der Waals surface area contributed by atoms with Gasteiger partial charge in [-0.2, -0.15) is 0 Å². The van der Waals surface area contributed by atoms with E-state index in [1.54, 1.807) is 20.8 Å². The molecule has 10 heteroatoms. The molecule has 1 saturated heterocycles. The Kier molecular flexibility index (Phi) is 9.02. The number of ether oxygens (including phenoxy) is 3. The van der Waals surface area contributed by atoms with Crippen LogP contribution >= 0.6 is 0 Å². The highest BCUT2D eigenvalue weighted by Gasteiger charge is 2.60. The van der Waals surface area contributed by atoms with Crippen LogP contribution in [0.2, 0.25) is 0 Å². The Morgan fingerprint density at radius 3 is 2.43 bits per heavy atom. The Morgan fingerprint density at radius 1 is 1.29 bits per heavy atom. The Bertz CT molecular complexity index is 904. The minimum Gasteiger partial charge on any atom is -0.455 e. The van der Waals surface area contributed by atoms with Gasteiger partial charge in [0.05, 0.1) is 17.9 Å². The Balaban J connectivity index is 2.70. The molecule has 0 aromatic carbocycles. The molecule has 0 aromatic heterocycles. The maximum atomic E-state index is 13.1. The third kappa shape index (κ3) is 5.65. The molecule has 0 spiro atoms. The van der Waals surface area contributed by atoms with Crippen molar-refractivity contribution in [3.63, 3.8) is 0 Å². The fourth-order valence-electron chi connectivity index (χ4n) is 4.24. The van der Waals surface area contributed by atoms with Gasteiger partial charge in [-0.1, -0.05) is 33.4 Å². The van der Waals surface area contributed by atoms with Crippen LogP contribution in [0.1, 0.15) is 54.4 Å². The fraction of sp³-hybridized carbons (Fsp3) is 0.680. The summed E-state index contributed by atoms with van der Waals surface area (Å²) in [5, 5.41) is 33.0. The number of Topliss-reactive ketones (excluding diaryl/α,β-unsaturated/α-hetero) is 1. The van der Waals surface area contributed by atoms with E-state index in [9.17, 15) is 34.5 Å². The van der Waals surface area contributed by atoms with E-state index in [-0.39, 0.29) is 17.6 Å². The molecule has 0 bridgehead atoms. The number of aliphatic hydroxyl groups is 3. The standard InChI is InChI=1S/C25H36O10/c1-8-11(3)22(29)33-18-16-14(6)24(31)34-19(16)21(35-23(30)12(4)9-2)25(7,32)20(28)15(26)10-13(5)17(18)27/h8,12-13,15-19,21,26-27,32H,6,9-10H2,1-5,7H3. The van der Waals surface area contributed by atoms with E-state index in [4.69, 9.17) is 14.2 Å². The maximum Gasteiger partial charge on any atom is 0.334 e. The van der Waals surface area contributed by atoms with Gasteiger partial charge in [-0.3, -0.25) is 9.59 Å². The molecule has 9 unspecified atom stereocenters. The van der Waals surface area contributed by atoms with Crippen molar-refractivity contribution in [2.45, 2.75) is 90.5 Å². The van der Waals surface area contributed by atoms with Gasteiger partial charge in [-0.15, -0.1) is 0 Å². The monoisotopic (exact) mass is 496 g/mol. The van der Waals surface area contributed by atoms with E-state index >= 15 is 0 Å². The van der Waals surface area contributed by atoms with Crippen molar-refractivity contribution in [2.75, 3.05) is 0 Å². The molecule has 10 nitrogen and oxygen atoms in total. The minimum atomic E-state index is -2.48. The molecule has 1 saturated carbocycles. The van der Waals surface area contributed by atoms with Crippen LogP contribution in [0.5, 0.6) is 0 Å². The van der Waals surface area contributed by atoms with Crippen LogP contribution in [0, 0.1) is 17.8 Å². The van der Waals surface area contributed by atoms with Crippen LogP contribution in [0.4, 0.5) is 0 Å². The van der Waals surface area contributed by atoms with Crippen LogP contribution in [0.25, 0.3) is 0 Å². The molecule has 2 aliphatic rings. The number of esters is 3. The third-order valence-electron chi connectivity index (χ3n) is 7.04. The topological polar surface area (TPSA) is 157 Å². The van der Waals surface area contributed by atoms with Gasteiger partial charge >= 0.3 is 17.9 Å². The second-order valence-corrected chi connectivity index (χ2v) is 9.66. The number of carbonyl (C=O) groups is 4. The molecular formula is C25H36O10. The predicted octanol–water partition coefficient (Wildman–Crippen LogP) is 1.00. The Hall–Kier alpha value is -2.56. The Morgan fingerprint density at radius 2 is 1.89 bits per heavy atom. The fourth-order valence-corrected chi connectivity index (χ4v) is 4.24. The van der Waals surface area contributed by atoms with Crippen LogP contribution in [0.15, 0.2) is 23.8 Å². The number of hydrogen-bond donors (Lipinski definition) is 3. The van der Waals surface area contributed by atoms with Crippen LogP contribution in [0.3, 0.4) is 0 Å². The van der Waals surface area contributed by atoms with Crippen molar-refractivity contribution < 1.29 is 48.7 Å². The van der Waals surface area contributed by atoms with Gasteiger partial charge in [-0.25, -0.2) is 9.59 Å². The summed E-state index contributed by atoms with van der Waals surface area (Å²) in [6.07, 6.45) is -6.32. The summed E-state index contributed by atoms with van der Waals surface area (Å²) in [5.74, 6) is -6.20. The molecule has 3 N–H and O–H groups in total. The SMILES string of the molecule is C=C1C(=O)OC2C1C(OC(=O)C(C)=CC)C(O)C(C)CC(O)C(=O)C(C)(O)C2OC(=O)C(C)CC. The molecule has 0 aromatic rings. The first-order valence-electron chi connectivity index (χ1n) is 11.8. The molecule has 1 aliphatic heterocycles. The van der Waals surface area contributed by atoms with Gasteiger partial charge in [0.15, 0.2) is 23.6 Å². The van der Waals surface area contributed by atoms with Gasteiger partial charge in [0.25, 0.3) is 0 Å². The predicted molar refractivity (Wildman–Crippen MR) is 123 cm³/mol. The van der Waals surface area contributed by atoms with E-state index in [1.165, 1.54) is 19.9 Å². The average molecular weight is 497 g/mol. The van der Waals surface area contributed by atoms with E-state index < -0.39 is 77.6 Å². The molecular weight excluding hydrogens is 460 g/mol. The zero-order chi connectivity index (χ0) is 26.8. The van der Waals surface area contributed by atoms with Crippen molar-refractivity contribution in [2.24, 2.45) is 17.8 Å². The summed E-state index contributed by atoms with van der Waals surface area (Å²) in [6, 6.07) is 0. The first-order chi connectivity index (χ1) is 16.2. The summed E-state index contributed by atoms with van der Waals surface area (Å²) < 4.78 is 16.5. The normalized spacial score (nSPS) is 37.2. The average Bonchev–Trinajstić information content (AvgIpc) is 3.10. The van der Waals surface area contributed by atoms with Crippen LogP contribution in [-0.4, -0.2) is 75.1 Å². The van der Waals surface area contributed by atoms with E-state index in [0.29, 0.717) is 6.42 Å². The van der Waals surface area contributed by atoms with Gasteiger partial charge in [0.1, 0.15) is 12.2 Å². The molecule has 9 atom stereocenters. The minimum absolute atomic E-state index is 0.175. The van der Waals surface area contributed by atoms with Gasteiger partial charge in [0, 0.05) is 11.1 Å². The molecule has 35 heavy (non-hydrogen) atoms.